The molecule has 5 rings (SSSR count). The number of nitrogens with zero attached hydrogens (tertiary/aromatic N) is 6. The van der Waals surface area contributed by atoms with Crippen LogP contribution < -0.4 is 10.2 Å². The fraction of sp³-hybridized carbons (Fsp3) is 0.379. The minimum Gasteiger partial charge on any atom is -0.482 e. The van der Waals surface area contributed by atoms with Crippen molar-refractivity contribution in [3.05, 3.63) is 71.8 Å². The molecule has 3 aromatic rings. The Balaban J connectivity index is 1.29. The highest BCUT2D eigenvalue weighted by molar-refractivity contribution is 7.99. The monoisotopic (exact) mass is 594 g/mol. The molecule has 1 amide bonds. The summed E-state index contributed by atoms with van der Waals surface area (Å²) in [6, 6.07) is 5.49. The van der Waals surface area contributed by atoms with Gasteiger partial charge >= 0.3 is 0 Å². The summed E-state index contributed by atoms with van der Waals surface area (Å²) in [5.74, 6) is -1.71. The Morgan fingerprint density at radius 2 is 2.05 bits per heavy atom. The summed E-state index contributed by atoms with van der Waals surface area (Å²) in [6.45, 7) is 1.11. The molecule has 0 bridgehead atoms. The molecule has 3 heterocycles. The Labute approximate surface area is 246 Å². The van der Waals surface area contributed by atoms with E-state index in [-0.39, 0.29) is 41.3 Å². The topological polar surface area (TPSA) is 121 Å². The van der Waals surface area contributed by atoms with E-state index in [1.165, 1.54) is 0 Å². The number of pyridine rings is 1. The number of carbonyl (C=O) groups excluding carboxylic acids is 1. The van der Waals surface area contributed by atoms with Crippen LogP contribution in [0.5, 0.6) is 5.75 Å². The molecule has 10 nitrogen and oxygen atoms in total. The lowest BCUT2D eigenvalue weighted by Gasteiger charge is -2.26. The minimum atomic E-state index is -0.834. The maximum atomic E-state index is 15.1. The molecular weight excluding hydrogens is 562 g/mol. The van der Waals surface area contributed by atoms with Crippen LogP contribution in [0.4, 0.5) is 8.78 Å². The van der Waals surface area contributed by atoms with Crippen molar-refractivity contribution < 1.29 is 18.3 Å². The van der Waals surface area contributed by atoms with Crippen molar-refractivity contribution in [2.45, 2.75) is 55.5 Å². The number of halogens is 2. The highest BCUT2D eigenvalue weighted by Crippen LogP contribution is 2.31. The fourth-order valence-corrected chi connectivity index (χ4v) is 5.97. The van der Waals surface area contributed by atoms with Crippen LogP contribution in [0, 0.1) is 17.0 Å². The number of nitrogens with one attached hydrogen (secondary N) is 2. The Morgan fingerprint density at radius 3 is 2.79 bits per heavy atom. The van der Waals surface area contributed by atoms with Gasteiger partial charge in [-0.25, -0.2) is 8.78 Å². The van der Waals surface area contributed by atoms with Crippen molar-refractivity contribution in [3.63, 3.8) is 0 Å². The van der Waals surface area contributed by atoms with Gasteiger partial charge in [-0.05, 0) is 56.7 Å². The molecule has 0 saturated carbocycles. The number of carbonyl (C=O) groups is 1. The first kappa shape index (κ1) is 29.4. The van der Waals surface area contributed by atoms with Crippen molar-refractivity contribution in [1.29, 1.82) is 5.41 Å². The zero-order valence-corrected chi connectivity index (χ0v) is 23.8. The Morgan fingerprint density at radius 1 is 1.19 bits per heavy atom. The summed E-state index contributed by atoms with van der Waals surface area (Å²) in [5.41, 5.74) is 2.93. The number of piperidine rings is 1. The van der Waals surface area contributed by atoms with Gasteiger partial charge in [0.15, 0.2) is 22.5 Å². The molecule has 1 aromatic carbocycles. The smallest absolute Gasteiger partial charge is 0.243 e. The third-order valence-corrected chi connectivity index (χ3v) is 8.17. The number of hydrogen-bond acceptors (Lipinski definition) is 9. The second-order valence-corrected chi connectivity index (χ2v) is 11.1. The van der Waals surface area contributed by atoms with E-state index in [9.17, 15) is 4.79 Å². The van der Waals surface area contributed by atoms with E-state index in [0.717, 1.165) is 62.6 Å². The lowest BCUT2D eigenvalue weighted by molar-refractivity contribution is -0.131. The molecule has 1 fully saturated rings. The average molecular weight is 595 g/mol. The molecule has 0 spiro atoms. The third kappa shape index (κ3) is 7.19. The zero-order valence-electron chi connectivity index (χ0n) is 23.0. The van der Waals surface area contributed by atoms with Gasteiger partial charge in [0.1, 0.15) is 24.7 Å². The van der Waals surface area contributed by atoms with Gasteiger partial charge in [-0.3, -0.25) is 19.8 Å². The normalized spacial score (nSPS) is 17.2. The van der Waals surface area contributed by atoms with Crippen LogP contribution in [0.2, 0.25) is 0 Å². The first-order valence-corrected chi connectivity index (χ1v) is 14.8. The van der Waals surface area contributed by atoms with E-state index in [2.05, 4.69) is 37.9 Å². The molecule has 220 valence electrons. The second kappa shape index (κ2) is 14.2. The molecule has 1 saturated heterocycles. The van der Waals surface area contributed by atoms with Gasteiger partial charge in [-0.15, -0.1) is 10.2 Å². The van der Waals surface area contributed by atoms with Crippen molar-refractivity contribution in [1.82, 2.24) is 30.1 Å². The minimum absolute atomic E-state index is 0.0996. The highest BCUT2D eigenvalue weighted by Gasteiger charge is 2.21. The van der Waals surface area contributed by atoms with Crippen LogP contribution in [0.25, 0.3) is 5.69 Å². The molecule has 1 aliphatic heterocycles. The summed E-state index contributed by atoms with van der Waals surface area (Å²) in [6.07, 6.45) is 14.7. The number of amides is 1. The van der Waals surface area contributed by atoms with Gasteiger partial charge in [-0.1, -0.05) is 23.9 Å². The quantitative estimate of drug-likeness (QED) is 0.188. The summed E-state index contributed by atoms with van der Waals surface area (Å²) in [5, 5.41) is 21.1. The summed E-state index contributed by atoms with van der Waals surface area (Å²) < 4.78 is 37.7. The van der Waals surface area contributed by atoms with Gasteiger partial charge < -0.3 is 15.0 Å². The molecule has 1 atom stereocenters. The predicted octanol–water partition coefficient (Wildman–Crippen LogP) is 4.68. The molecule has 2 aliphatic rings. The van der Waals surface area contributed by atoms with E-state index in [1.54, 1.807) is 39.7 Å². The third-order valence-electron chi connectivity index (χ3n) is 7.00. The first-order chi connectivity index (χ1) is 20.5. The van der Waals surface area contributed by atoms with Crippen LogP contribution in [0.1, 0.15) is 49.9 Å². The lowest BCUT2D eigenvalue weighted by atomic mass is 10.1. The fourth-order valence-electron chi connectivity index (χ4n) is 4.83. The van der Waals surface area contributed by atoms with Gasteiger partial charge in [0.25, 0.3) is 0 Å². The Kier molecular flexibility index (Phi) is 9.90. The van der Waals surface area contributed by atoms with E-state index >= 15 is 8.78 Å². The van der Waals surface area contributed by atoms with Crippen molar-refractivity contribution in [2.75, 3.05) is 19.6 Å². The largest absolute Gasteiger partial charge is 0.482 e. The summed E-state index contributed by atoms with van der Waals surface area (Å²) in [7, 11) is 0. The summed E-state index contributed by atoms with van der Waals surface area (Å²) in [4.78, 5) is 18.3. The number of ether oxygens (including phenoxy) is 1. The number of allylic oxidation sites excluding steroid dienone is 1. The van der Waals surface area contributed by atoms with Gasteiger partial charge in [-0.2, -0.15) is 5.10 Å². The Hall–Kier alpha value is -4.13. The number of hydrogen-bond donors (Lipinski definition) is 2. The molecule has 0 radical (unpaired) electrons. The SMILES string of the molecule is N=C/C(=N\NCC(=O)N1CCCCC1)c1cc(F)c(OCc2nnc(S[C@@H]3C=CCCC3)n2-c2cccnc2)cc1F. The molecule has 1 aliphatic carbocycles. The van der Waals surface area contributed by atoms with Crippen LogP contribution in [0.3, 0.4) is 0 Å². The van der Waals surface area contributed by atoms with Gasteiger partial charge in [0.2, 0.25) is 5.91 Å². The van der Waals surface area contributed by atoms with E-state index in [0.29, 0.717) is 24.1 Å². The maximum absolute atomic E-state index is 15.1. The Bertz CT molecular complexity index is 1460. The standard InChI is InChI=1S/C29H32F2N8O2S/c30-23-15-26(24(31)14-22(23)25(16-32)35-34-18-28(40)38-12-5-2-6-13-38)41-19-27-36-37-29(42-21-9-3-1-4-10-21)39(27)20-8-7-11-33-17-20/h3,7-9,11,14-17,21,32,34H,1-2,4-6,10,12-13,18-19H2/b32-16?,35-25+/t21-/m1/s1. The number of thioether (sulfide) groups is 1. The number of hydrazone groups is 1. The van der Waals surface area contributed by atoms with Crippen LogP contribution in [-0.4, -0.2) is 67.4 Å². The van der Waals surface area contributed by atoms with Crippen molar-refractivity contribution >= 4 is 29.6 Å². The van der Waals surface area contributed by atoms with E-state index in [1.807, 2.05) is 6.07 Å². The molecule has 42 heavy (non-hydrogen) atoms. The van der Waals surface area contributed by atoms with Crippen LogP contribution in [0.15, 0.2) is 59.1 Å². The molecule has 2 N–H and O–H groups in total. The van der Waals surface area contributed by atoms with Crippen molar-refractivity contribution in [3.8, 4) is 11.4 Å². The molecule has 0 unspecified atom stereocenters. The summed E-state index contributed by atoms with van der Waals surface area (Å²) >= 11 is 1.58. The molecule has 13 heteroatoms. The van der Waals surface area contributed by atoms with E-state index < -0.39 is 11.6 Å². The van der Waals surface area contributed by atoms with Crippen LogP contribution in [-0.2, 0) is 11.4 Å². The first-order valence-electron chi connectivity index (χ1n) is 13.9. The number of aromatic nitrogens is 4. The number of rotatable bonds is 11. The average Bonchev–Trinajstić information content (AvgIpc) is 3.43. The highest BCUT2D eigenvalue weighted by atomic mass is 32.2. The van der Waals surface area contributed by atoms with Gasteiger partial charge in [0, 0.05) is 42.4 Å². The predicted molar refractivity (Wildman–Crippen MR) is 156 cm³/mol. The van der Waals surface area contributed by atoms with E-state index in [4.69, 9.17) is 10.1 Å². The van der Waals surface area contributed by atoms with Crippen molar-refractivity contribution in [2.24, 2.45) is 5.10 Å². The number of likely N-dealkylation sites (tertiary alicyclic amines) is 1. The lowest BCUT2D eigenvalue weighted by Crippen LogP contribution is -2.40. The second-order valence-electron chi connectivity index (χ2n) is 9.93. The maximum Gasteiger partial charge on any atom is 0.243 e. The molecule has 2 aromatic heterocycles. The molecular formula is C29H32F2N8O2S. The zero-order chi connectivity index (χ0) is 29.3. The number of benzene rings is 1. The van der Waals surface area contributed by atoms with Gasteiger partial charge in [0.05, 0.1) is 11.9 Å². The van der Waals surface area contributed by atoms with Crippen LogP contribution >= 0.6 is 11.8 Å².